The average molecular weight is 360 g/mol. The second-order valence-electron chi connectivity index (χ2n) is 5.83. The maximum Gasteiger partial charge on any atom is 0.264 e. The fraction of sp³-hybridized carbons (Fsp3) is 0.333. The number of rotatable bonds is 3. The molecule has 2 aromatic rings. The van der Waals surface area contributed by atoms with Gasteiger partial charge in [-0.1, -0.05) is 23.7 Å². The number of nitrogens with zero attached hydrogens (tertiary/aromatic N) is 3. The zero-order valence-corrected chi connectivity index (χ0v) is 14.8. The molecule has 1 fully saturated rings. The molecule has 2 heterocycles. The van der Waals surface area contributed by atoms with E-state index in [0.717, 1.165) is 39.1 Å². The summed E-state index contributed by atoms with van der Waals surface area (Å²) in [6, 6.07) is 13.4. The van der Waals surface area contributed by atoms with Gasteiger partial charge in [-0.2, -0.15) is 5.26 Å². The molecule has 1 aromatic carbocycles. The van der Waals surface area contributed by atoms with E-state index in [1.165, 1.54) is 16.9 Å². The van der Waals surface area contributed by atoms with Crippen LogP contribution in [0.2, 0.25) is 4.34 Å². The number of carbonyl (C=O) groups is 1. The van der Waals surface area contributed by atoms with E-state index in [-0.39, 0.29) is 5.91 Å². The Balaban J connectivity index is 1.58. The van der Waals surface area contributed by atoms with Crippen LogP contribution in [0.3, 0.4) is 0 Å². The Morgan fingerprint density at radius 2 is 1.92 bits per heavy atom. The van der Waals surface area contributed by atoms with Crippen molar-refractivity contribution in [2.24, 2.45) is 0 Å². The topological polar surface area (TPSA) is 47.3 Å². The Morgan fingerprint density at radius 3 is 2.58 bits per heavy atom. The maximum atomic E-state index is 12.5. The molecule has 1 aromatic heterocycles. The number of carbonyl (C=O) groups excluding carboxylic acids is 1. The second-order valence-corrected chi connectivity index (χ2v) is 7.55. The summed E-state index contributed by atoms with van der Waals surface area (Å²) in [6.07, 6.45) is 0.959. The molecule has 1 aliphatic heterocycles. The summed E-state index contributed by atoms with van der Waals surface area (Å²) in [5.41, 5.74) is 1.87. The first-order chi connectivity index (χ1) is 11.7. The molecule has 6 heteroatoms. The molecule has 4 nitrogen and oxygen atoms in total. The van der Waals surface area contributed by atoms with Crippen LogP contribution in [-0.4, -0.2) is 41.9 Å². The van der Waals surface area contributed by atoms with Gasteiger partial charge < -0.3 is 4.90 Å². The number of hydrogen-bond donors (Lipinski definition) is 0. The molecule has 0 spiro atoms. The highest BCUT2D eigenvalue weighted by molar-refractivity contribution is 7.17. The third-order valence-corrected chi connectivity index (χ3v) is 5.37. The highest BCUT2D eigenvalue weighted by atomic mass is 35.5. The van der Waals surface area contributed by atoms with Crippen molar-refractivity contribution in [2.75, 3.05) is 26.2 Å². The smallest absolute Gasteiger partial charge is 0.264 e. The average Bonchev–Trinajstić information content (AvgIpc) is 2.90. The lowest BCUT2D eigenvalue weighted by Crippen LogP contribution is -2.34. The monoisotopic (exact) mass is 359 g/mol. The van der Waals surface area contributed by atoms with E-state index < -0.39 is 0 Å². The molecule has 24 heavy (non-hydrogen) atoms. The van der Waals surface area contributed by atoms with Gasteiger partial charge in [-0.3, -0.25) is 9.69 Å². The summed E-state index contributed by atoms with van der Waals surface area (Å²) in [5.74, 6) is 0.0760. The number of halogens is 1. The Bertz CT molecular complexity index is 750. The second kappa shape index (κ2) is 7.80. The van der Waals surface area contributed by atoms with E-state index >= 15 is 0 Å². The van der Waals surface area contributed by atoms with Crippen molar-refractivity contribution in [1.29, 1.82) is 5.26 Å². The Kier molecular flexibility index (Phi) is 5.52. The molecular formula is C18H18ClN3OS. The number of hydrogen-bond acceptors (Lipinski definition) is 4. The van der Waals surface area contributed by atoms with Crippen LogP contribution in [0.15, 0.2) is 36.4 Å². The van der Waals surface area contributed by atoms with Crippen molar-refractivity contribution < 1.29 is 4.79 Å². The summed E-state index contributed by atoms with van der Waals surface area (Å²) < 4.78 is 0.649. The van der Waals surface area contributed by atoms with Gasteiger partial charge in [0, 0.05) is 32.7 Å². The Hall–Kier alpha value is -1.87. The van der Waals surface area contributed by atoms with Gasteiger partial charge in [-0.15, -0.1) is 11.3 Å². The summed E-state index contributed by atoms with van der Waals surface area (Å²) in [7, 11) is 0. The van der Waals surface area contributed by atoms with Crippen molar-refractivity contribution in [2.45, 2.75) is 13.0 Å². The van der Waals surface area contributed by atoms with Crippen LogP contribution in [0.5, 0.6) is 0 Å². The van der Waals surface area contributed by atoms with Gasteiger partial charge in [0.15, 0.2) is 0 Å². The van der Waals surface area contributed by atoms with Gasteiger partial charge in [-0.25, -0.2) is 0 Å². The highest BCUT2D eigenvalue weighted by Gasteiger charge is 2.21. The molecular weight excluding hydrogens is 342 g/mol. The van der Waals surface area contributed by atoms with Crippen molar-refractivity contribution in [1.82, 2.24) is 9.80 Å². The van der Waals surface area contributed by atoms with Gasteiger partial charge in [0.25, 0.3) is 5.91 Å². The third-order valence-electron chi connectivity index (χ3n) is 4.15. The van der Waals surface area contributed by atoms with Gasteiger partial charge in [-0.05, 0) is 36.2 Å². The first-order valence-electron chi connectivity index (χ1n) is 7.92. The van der Waals surface area contributed by atoms with Crippen molar-refractivity contribution in [3.8, 4) is 6.07 Å². The van der Waals surface area contributed by atoms with Crippen LogP contribution in [0.4, 0.5) is 0 Å². The van der Waals surface area contributed by atoms with Crippen LogP contribution in [-0.2, 0) is 6.54 Å². The summed E-state index contributed by atoms with van der Waals surface area (Å²) >= 11 is 7.27. The largest absolute Gasteiger partial charge is 0.337 e. The van der Waals surface area contributed by atoms with Crippen molar-refractivity contribution >= 4 is 28.8 Å². The third kappa shape index (κ3) is 4.15. The Morgan fingerprint density at radius 1 is 1.12 bits per heavy atom. The van der Waals surface area contributed by atoms with E-state index in [4.69, 9.17) is 16.9 Å². The lowest BCUT2D eigenvalue weighted by Gasteiger charge is -2.21. The molecule has 0 unspecified atom stereocenters. The zero-order chi connectivity index (χ0) is 16.9. The van der Waals surface area contributed by atoms with Gasteiger partial charge in [0.1, 0.15) is 0 Å². The van der Waals surface area contributed by atoms with E-state index in [0.29, 0.717) is 14.8 Å². The number of benzene rings is 1. The minimum absolute atomic E-state index is 0.0760. The predicted molar refractivity (Wildman–Crippen MR) is 96.3 cm³/mol. The van der Waals surface area contributed by atoms with Crippen molar-refractivity contribution in [3.63, 3.8) is 0 Å². The van der Waals surface area contributed by atoms with Gasteiger partial charge in [0.2, 0.25) is 0 Å². The molecule has 0 aliphatic carbocycles. The van der Waals surface area contributed by atoms with E-state index in [1.807, 2.05) is 29.2 Å². The van der Waals surface area contributed by atoms with Crippen LogP contribution in [0, 0.1) is 11.3 Å². The lowest BCUT2D eigenvalue weighted by molar-refractivity contribution is 0.0766. The van der Waals surface area contributed by atoms with Crippen LogP contribution in [0.25, 0.3) is 0 Å². The zero-order valence-electron chi connectivity index (χ0n) is 13.2. The molecule has 0 saturated carbocycles. The molecule has 1 aliphatic rings. The molecule has 124 valence electrons. The quantitative estimate of drug-likeness (QED) is 0.840. The minimum atomic E-state index is 0.0760. The normalized spacial score (nSPS) is 15.8. The fourth-order valence-corrected chi connectivity index (χ4v) is 3.87. The number of thiophene rings is 1. The van der Waals surface area contributed by atoms with Crippen LogP contribution < -0.4 is 0 Å². The molecule has 0 bridgehead atoms. The van der Waals surface area contributed by atoms with E-state index in [2.05, 4.69) is 11.0 Å². The highest BCUT2D eigenvalue weighted by Crippen LogP contribution is 2.23. The fourth-order valence-electron chi connectivity index (χ4n) is 2.86. The van der Waals surface area contributed by atoms with Gasteiger partial charge in [0.05, 0.1) is 20.8 Å². The van der Waals surface area contributed by atoms with E-state index in [1.54, 1.807) is 12.1 Å². The SMILES string of the molecule is N#Cc1ccc(CN2CCCN(C(=O)c3ccc(Cl)s3)CC2)cc1. The molecule has 0 N–H and O–H groups in total. The molecule has 1 saturated heterocycles. The molecule has 3 rings (SSSR count). The summed E-state index contributed by atoms with van der Waals surface area (Å²) in [4.78, 5) is 17.5. The first kappa shape index (κ1) is 17.0. The molecule has 0 radical (unpaired) electrons. The predicted octanol–water partition coefficient (Wildman–Crippen LogP) is 3.62. The maximum absolute atomic E-state index is 12.5. The number of nitriles is 1. The van der Waals surface area contributed by atoms with Crippen molar-refractivity contribution in [3.05, 3.63) is 56.7 Å². The summed E-state index contributed by atoms with van der Waals surface area (Å²) in [5, 5.41) is 8.86. The Labute approximate surface area is 150 Å². The lowest BCUT2D eigenvalue weighted by atomic mass is 10.1. The standard InChI is InChI=1S/C18H18ClN3OS/c19-17-7-6-16(24-17)18(23)22-9-1-8-21(10-11-22)13-15-4-2-14(12-20)3-5-15/h2-7H,1,8-11,13H2. The first-order valence-corrected chi connectivity index (χ1v) is 9.11. The van der Waals surface area contributed by atoms with Crippen LogP contribution >= 0.6 is 22.9 Å². The summed E-state index contributed by atoms with van der Waals surface area (Å²) in [6.45, 7) is 4.17. The minimum Gasteiger partial charge on any atom is -0.337 e. The molecule has 0 atom stereocenters. The number of amides is 1. The van der Waals surface area contributed by atoms with E-state index in [9.17, 15) is 4.79 Å². The van der Waals surface area contributed by atoms with Gasteiger partial charge >= 0.3 is 0 Å². The van der Waals surface area contributed by atoms with Crippen LogP contribution in [0.1, 0.15) is 27.2 Å². The molecule has 1 amide bonds.